The first-order valence-corrected chi connectivity index (χ1v) is 8.06. The summed E-state index contributed by atoms with van der Waals surface area (Å²) in [7, 11) is 0. The van der Waals surface area contributed by atoms with E-state index in [0.717, 1.165) is 19.3 Å². The number of hydrogen-bond acceptors (Lipinski definition) is 3. The highest BCUT2D eigenvalue weighted by Gasteiger charge is 2.40. The molecule has 1 fully saturated rings. The van der Waals surface area contributed by atoms with E-state index in [2.05, 4.69) is 32.8 Å². The van der Waals surface area contributed by atoms with Crippen LogP contribution in [0.1, 0.15) is 45.4 Å². The van der Waals surface area contributed by atoms with Crippen molar-refractivity contribution in [1.29, 1.82) is 0 Å². The first-order valence-electron chi connectivity index (χ1n) is 6.51. The van der Waals surface area contributed by atoms with Crippen molar-refractivity contribution in [2.45, 2.75) is 45.1 Å². The van der Waals surface area contributed by atoms with E-state index in [9.17, 15) is 0 Å². The summed E-state index contributed by atoms with van der Waals surface area (Å²) in [6.07, 6.45) is 4.15. The lowest BCUT2D eigenvalue weighted by atomic mass is 9.78. The fraction of sp³-hybridized carbons (Fsp3) is 0.692. The molecule has 19 heavy (non-hydrogen) atoms. The molecule has 3 nitrogen and oxygen atoms in total. The average Bonchev–Trinajstić information content (AvgIpc) is 2.35. The van der Waals surface area contributed by atoms with E-state index in [0.29, 0.717) is 33.1 Å². The van der Waals surface area contributed by atoms with E-state index >= 15 is 0 Å². The molecule has 1 heterocycles. The maximum Gasteiger partial charge on any atom is 0.163 e. The van der Waals surface area contributed by atoms with Crippen LogP contribution in [0.5, 0.6) is 0 Å². The van der Waals surface area contributed by atoms with Crippen LogP contribution in [0, 0.1) is 5.92 Å². The fourth-order valence-electron chi connectivity index (χ4n) is 2.78. The summed E-state index contributed by atoms with van der Waals surface area (Å²) in [5.74, 6) is 1.20. The van der Waals surface area contributed by atoms with Gasteiger partial charge >= 0.3 is 0 Å². The second-order valence-electron chi connectivity index (χ2n) is 5.07. The van der Waals surface area contributed by atoms with Gasteiger partial charge in [-0.05, 0) is 48.0 Å². The molecule has 1 aliphatic carbocycles. The van der Waals surface area contributed by atoms with Crippen LogP contribution in [-0.4, -0.2) is 16.6 Å². The minimum Gasteiger partial charge on any atom is -0.367 e. The third kappa shape index (κ3) is 3.23. The van der Waals surface area contributed by atoms with Crippen molar-refractivity contribution in [3.8, 4) is 0 Å². The zero-order valence-corrected chi connectivity index (χ0v) is 14.1. The van der Waals surface area contributed by atoms with Crippen molar-refractivity contribution in [3.05, 3.63) is 20.6 Å². The average molecular weight is 368 g/mol. The van der Waals surface area contributed by atoms with Crippen LogP contribution in [0.25, 0.3) is 0 Å². The molecule has 0 aromatic carbocycles. The summed E-state index contributed by atoms with van der Waals surface area (Å²) in [5.41, 5.74) is -0.444. The second kappa shape index (κ2) is 6.25. The van der Waals surface area contributed by atoms with Crippen LogP contribution >= 0.6 is 39.1 Å². The normalized spacial score (nSPS) is 27.5. The van der Waals surface area contributed by atoms with Gasteiger partial charge in [0.1, 0.15) is 15.9 Å². The number of ether oxygens (including phenoxy) is 1. The number of aromatic nitrogens is 2. The summed E-state index contributed by atoms with van der Waals surface area (Å²) in [5, 5.41) is 0.680. The number of hydrogen-bond donors (Lipinski definition) is 0. The molecule has 0 N–H and O–H groups in total. The Labute approximate surface area is 132 Å². The van der Waals surface area contributed by atoms with Gasteiger partial charge in [0, 0.05) is 6.61 Å². The highest BCUT2D eigenvalue weighted by Crippen LogP contribution is 2.43. The Kier molecular flexibility index (Phi) is 5.09. The van der Waals surface area contributed by atoms with Gasteiger partial charge < -0.3 is 4.74 Å². The standard InChI is InChI=1S/C13H17BrCl2N2O/c1-3-19-13(6-4-5-8(2)7-13)12-17-10(15)9(14)11(16)18-12/h8H,3-7H2,1-2H3. The van der Waals surface area contributed by atoms with E-state index in [1.807, 2.05) is 6.92 Å². The van der Waals surface area contributed by atoms with E-state index < -0.39 is 5.60 Å². The van der Waals surface area contributed by atoms with Crippen LogP contribution in [0.15, 0.2) is 4.47 Å². The Morgan fingerprint density at radius 3 is 2.53 bits per heavy atom. The third-order valence-corrected chi connectivity index (χ3v) is 5.31. The zero-order chi connectivity index (χ0) is 14.0. The maximum absolute atomic E-state index is 6.10. The van der Waals surface area contributed by atoms with Gasteiger partial charge in [-0.25, -0.2) is 9.97 Å². The predicted octanol–water partition coefficient (Wildman–Crippen LogP) is 4.99. The zero-order valence-electron chi connectivity index (χ0n) is 11.0. The lowest BCUT2D eigenvalue weighted by molar-refractivity contribution is -0.0881. The van der Waals surface area contributed by atoms with Gasteiger partial charge in [0.05, 0.1) is 4.47 Å². The number of nitrogens with zero attached hydrogens (tertiary/aromatic N) is 2. The summed E-state index contributed by atoms with van der Waals surface area (Å²) in [6, 6.07) is 0. The summed E-state index contributed by atoms with van der Waals surface area (Å²) in [4.78, 5) is 8.76. The minimum absolute atomic E-state index is 0.340. The largest absolute Gasteiger partial charge is 0.367 e. The molecular formula is C13H17BrCl2N2O. The molecule has 0 bridgehead atoms. The Morgan fingerprint density at radius 1 is 1.37 bits per heavy atom. The van der Waals surface area contributed by atoms with Crippen molar-refractivity contribution in [2.75, 3.05) is 6.61 Å². The molecule has 2 rings (SSSR count). The van der Waals surface area contributed by atoms with Gasteiger partial charge in [-0.15, -0.1) is 0 Å². The van der Waals surface area contributed by atoms with E-state index in [4.69, 9.17) is 27.9 Å². The number of rotatable bonds is 3. The molecule has 1 aromatic rings. The monoisotopic (exact) mass is 366 g/mol. The predicted molar refractivity (Wildman–Crippen MR) is 80.7 cm³/mol. The summed E-state index contributed by atoms with van der Waals surface area (Å²) in [6.45, 7) is 4.85. The molecule has 2 atom stereocenters. The quantitative estimate of drug-likeness (QED) is 0.706. The van der Waals surface area contributed by atoms with Crippen molar-refractivity contribution in [1.82, 2.24) is 9.97 Å². The van der Waals surface area contributed by atoms with Gasteiger partial charge in [0.25, 0.3) is 0 Å². The fourth-order valence-corrected chi connectivity index (χ4v) is 3.34. The lowest BCUT2D eigenvalue weighted by Crippen LogP contribution is -2.37. The Balaban J connectivity index is 2.44. The van der Waals surface area contributed by atoms with Crippen LogP contribution < -0.4 is 0 Å². The van der Waals surface area contributed by atoms with Gasteiger partial charge in [-0.2, -0.15) is 0 Å². The van der Waals surface area contributed by atoms with Crippen molar-refractivity contribution in [2.24, 2.45) is 5.92 Å². The minimum atomic E-state index is -0.444. The molecule has 2 unspecified atom stereocenters. The molecule has 106 valence electrons. The van der Waals surface area contributed by atoms with E-state index in [1.165, 1.54) is 6.42 Å². The molecule has 1 saturated carbocycles. The Hall–Kier alpha value is 0.1000. The van der Waals surface area contributed by atoms with Crippen molar-refractivity contribution < 1.29 is 4.74 Å². The topological polar surface area (TPSA) is 35.0 Å². The highest BCUT2D eigenvalue weighted by atomic mass is 79.9. The molecule has 0 amide bonds. The first kappa shape index (κ1) is 15.5. The van der Waals surface area contributed by atoms with Crippen molar-refractivity contribution >= 4 is 39.1 Å². The molecule has 6 heteroatoms. The first-order chi connectivity index (χ1) is 8.98. The summed E-state index contributed by atoms with van der Waals surface area (Å²) >= 11 is 15.5. The maximum atomic E-state index is 6.10. The molecule has 1 aliphatic rings. The molecule has 0 spiro atoms. The van der Waals surface area contributed by atoms with Crippen molar-refractivity contribution in [3.63, 3.8) is 0 Å². The SMILES string of the molecule is CCOC1(c2nc(Cl)c(Br)c(Cl)n2)CCCC(C)C1. The number of halogens is 3. The highest BCUT2D eigenvalue weighted by molar-refractivity contribution is 9.10. The second-order valence-corrected chi connectivity index (χ2v) is 6.58. The molecule has 0 saturated heterocycles. The Morgan fingerprint density at radius 2 is 2.00 bits per heavy atom. The van der Waals surface area contributed by atoms with Gasteiger partial charge in [-0.3, -0.25) is 0 Å². The van der Waals surface area contributed by atoms with Gasteiger partial charge in [0.15, 0.2) is 5.82 Å². The molecular weight excluding hydrogens is 351 g/mol. The lowest BCUT2D eigenvalue weighted by Gasteiger charge is -2.38. The molecule has 0 radical (unpaired) electrons. The Bertz CT molecular complexity index is 445. The van der Waals surface area contributed by atoms with Gasteiger partial charge in [0.2, 0.25) is 0 Å². The summed E-state index contributed by atoms with van der Waals surface area (Å²) < 4.78 is 6.56. The van der Waals surface area contributed by atoms with Crippen LogP contribution in [0.4, 0.5) is 0 Å². The molecule has 0 aliphatic heterocycles. The van der Waals surface area contributed by atoms with E-state index in [1.54, 1.807) is 0 Å². The van der Waals surface area contributed by atoms with E-state index in [-0.39, 0.29) is 0 Å². The van der Waals surface area contributed by atoms with Crippen LogP contribution in [0.3, 0.4) is 0 Å². The molecule has 1 aromatic heterocycles. The van der Waals surface area contributed by atoms with Crippen LogP contribution in [-0.2, 0) is 10.3 Å². The van der Waals surface area contributed by atoms with Gasteiger partial charge in [-0.1, -0.05) is 36.5 Å². The third-order valence-electron chi connectivity index (χ3n) is 3.55. The smallest absolute Gasteiger partial charge is 0.163 e. The van der Waals surface area contributed by atoms with Crippen LogP contribution in [0.2, 0.25) is 10.3 Å².